The first-order chi connectivity index (χ1) is 8.74. The third-order valence-corrected chi connectivity index (χ3v) is 3.16. The summed E-state index contributed by atoms with van der Waals surface area (Å²) in [5.41, 5.74) is 1.42. The van der Waals surface area contributed by atoms with Crippen molar-refractivity contribution in [2.24, 2.45) is 0 Å². The lowest BCUT2D eigenvalue weighted by molar-refractivity contribution is 0.172. The van der Waals surface area contributed by atoms with Crippen LogP contribution in [0.25, 0.3) is 0 Å². The molecule has 6 nitrogen and oxygen atoms in total. The average Bonchev–Trinajstić information content (AvgIpc) is 3.01. The number of H-pyrrole nitrogens is 1. The largest absolute Gasteiger partial charge is 0.386 e. The summed E-state index contributed by atoms with van der Waals surface area (Å²) in [7, 11) is 0. The molecule has 0 saturated carbocycles. The van der Waals surface area contributed by atoms with Crippen LogP contribution in [0.5, 0.6) is 0 Å². The van der Waals surface area contributed by atoms with Crippen LogP contribution in [0.3, 0.4) is 0 Å². The fourth-order valence-corrected chi connectivity index (χ4v) is 2.03. The van der Waals surface area contributed by atoms with E-state index in [1.807, 2.05) is 16.9 Å². The first kappa shape index (κ1) is 12.8. The highest BCUT2D eigenvalue weighted by Gasteiger charge is 2.14. The minimum absolute atomic E-state index is 0.433. The van der Waals surface area contributed by atoms with Gasteiger partial charge in [0.05, 0.1) is 17.9 Å². The van der Waals surface area contributed by atoms with Gasteiger partial charge >= 0.3 is 0 Å². The average molecular weight is 249 g/mol. The van der Waals surface area contributed by atoms with E-state index in [1.165, 1.54) is 6.20 Å². The maximum atomic E-state index is 9.95. The molecule has 0 radical (unpaired) electrons. The van der Waals surface area contributed by atoms with E-state index in [0.29, 0.717) is 18.2 Å². The van der Waals surface area contributed by atoms with Crippen molar-refractivity contribution in [3.8, 4) is 0 Å². The molecule has 18 heavy (non-hydrogen) atoms. The van der Waals surface area contributed by atoms with Crippen LogP contribution in [0.4, 0.5) is 0 Å². The van der Waals surface area contributed by atoms with Gasteiger partial charge in [0.15, 0.2) is 0 Å². The van der Waals surface area contributed by atoms with Gasteiger partial charge in [0, 0.05) is 12.6 Å². The lowest BCUT2D eigenvalue weighted by Crippen LogP contribution is -2.09. The van der Waals surface area contributed by atoms with Gasteiger partial charge in [-0.2, -0.15) is 20.5 Å². The Morgan fingerprint density at radius 3 is 2.78 bits per heavy atom. The number of hydrogen-bond donors (Lipinski definition) is 2. The summed E-state index contributed by atoms with van der Waals surface area (Å²) in [5, 5.41) is 24.5. The van der Waals surface area contributed by atoms with E-state index in [2.05, 4.69) is 34.4 Å². The molecule has 6 heteroatoms. The zero-order chi connectivity index (χ0) is 13.0. The maximum Gasteiger partial charge on any atom is 0.111 e. The van der Waals surface area contributed by atoms with Gasteiger partial charge in [0.2, 0.25) is 0 Å². The fourth-order valence-electron chi connectivity index (χ4n) is 2.03. The molecule has 0 bridgehead atoms. The molecule has 0 aliphatic heterocycles. The van der Waals surface area contributed by atoms with Gasteiger partial charge in [-0.25, -0.2) is 0 Å². The van der Waals surface area contributed by atoms with E-state index in [9.17, 15) is 5.11 Å². The lowest BCUT2D eigenvalue weighted by Gasteiger charge is -2.12. The van der Waals surface area contributed by atoms with Crippen LogP contribution in [0, 0.1) is 0 Å². The molecule has 0 fully saturated rings. The van der Waals surface area contributed by atoms with E-state index in [4.69, 9.17) is 0 Å². The number of aromatic nitrogens is 5. The van der Waals surface area contributed by atoms with Gasteiger partial charge in [0.25, 0.3) is 0 Å². The van der Waals surface area contributed by atoms with Gasteiger partial charge in [0.1, 0.15) is 11.8 Å². The van der Waals surface area contributed by atoms with Gasteiger partial charge < -0.3 is 5.11 Å². The van der Waals surface area contributed by atoms with E-state index in [0.717, 1.165) is 18.5 Å². The molecule has 0 aromatic carbocycles. The second-order valence-electron chi connectivity index (χ2n) is 4.37. The van der Waals surface area contributed by atoms with E-state index in [1.54, 1.807) is 0 Å². The number of hydrogen-bond acceptors (Lipinski definition) is 4. The lowest BCUT2D eigenvalue weighted by atomic mass is 10.1. The minimum atomic E-state index is -0.659. The summed E-state index contributed by atoms with van der Waals surface area (Å²) < 4.78 is 1.98. The molecular formula is C12H19N5O. The third kappa shape index (κ3) is 2.76. The summed E-state index contributed by atoms with van der Waals surface area (Å²) in [6.07, 6.45) is 5.42. The first-order valence-corrected chi connectivity index (χ1v) is 6.32. The van der Waals surface area contributed by atoms with Gasteiger partial charge in [-0.1, -0.05) is 13.8 Å². The number of aromatic amines is 1. The number of aliphatic hydroxyl groups is 1. The van der Waals surface area contributed by atoms with Crippen LogP contribution in [0.15, 0.2) is 18.5 Å². The Labute approximate surface area is 106 Å². The molecule has 1 atom stereocenters. The first-order valence-electron chi connectivity index (χ1n) is 6.32. The zero-order valence-corrected chi connectivity index (χ0v) is 10.7. The van der Waals surface area contributed by atoms with E-state index < -0.39 is 6.10 Å². The SMILES string of the molecule is CCC(CC)n1ccc(CC(O)c2cn[nH]n2)n1. The van der Waals surface area contributed by atoms with Crippen molar-refractivity contribution in [2.45, 2.75) is 45.3 Å². The highest BCUT2D eigenvalue weighted by Crippen LogP contribution is 2.17. The Morgan fingerprint density at radius 2 is 2.17 bits per heavy atom. The molecule has 2 aromatic rings. The minimum Gasteiger partial charge on any atom is -0.386 e. The molecule has 0 aliphatic rings. The Balaban J connectivity index is 2.02. The molecule has 98 valence electrons. The van der Waals surface area contributed by atoms with Crippen LogP contribution >= 0.6 is 0 Å². The van der Waals surface area contributed by atoms with Crippen molar-refractivity contribution in [3.05, 3.63) is 29.8 Å². The molecule has 2 N–H and O–H groups in total. The summed E-state index contributed by atoms with van der Waals surface area (Å²) in [6, 6.07) is 2.38. The molecule has 0 amide bonds. The predicted octanol–water partition coefficient (Wildman–Crippen LogP) is 1.64. The molecule has 1 unspecified atom stereocenters. The van der Waals surface area contributed by atoms with Crippen molar-refractivity contribution in [1.29, 1.82) is 0 Å². The molecule has 2 aromatic heterocycles. The van der Waals surface area contributed by atoms with Crippen molar-refractivity contribution in [3.63, 3.8) is 0 Å². The standard InChI is InChI=1S/C12H19N5O/c1-3-10(4-2)17-6-5-9(15-17)7-12(18)11-8-13-16-14-11/h5-6,8,10,12,18H,3-4,7H2,1-2H3,(H,13,14,16). The van der Waals surface area contributed by atoms with Crippen molar-refractivity contribution in [2.75, 3.05) is 0 Å². The number of nitrogens with one attached hydrogen (secondary N) is 1. The van der Waals surface area contributed by atoms with Crippen molar-refractivity contribution in [1.82, 2.24) is 25.2 Å². The highest BCUT2D eigenvalue weighted by molar-refractivity contribution is 5.06. The highest BCUT2D eigenvalue weighted by atomic mass is 16.3. The normalized spacial score (nSPS) is 13.1. The van der Waals surface area contributed by atoms with Crippen LogP contribution in [0.2, 0.25) is 0 Å². The smallest absolute Gasteiger partial charge is 0.111 e. The molecule has 0 spiro atoms. The van der Waals surface area contributed by atoms with Crippen LogP contribution < -0.4 is 0 Å². The second-order valence-corrected chi connectivity index (χ2v) is 4.37. The van der Waals surface area contributed by atoms with Gasteiger partial charge in [-0.3, -0.25) is 4.68 Å². The fraction of sp³-hybridized carbons (Fsp3) is 0.583. The van der Waals surface area contributed by atoms with Crippen molar-refractivity contribution >= 4 is 0 Å². The zero-order valence-electron chi connectivity index (χ0n) is 10.7. The topological polar surface area (TPSA) is 79.6 Å². The van der Waals surface area contributed by atoms with Gasteiger partial charge in [-0.05, 0) is 18.9 Å². The van der Waals surface area contributed by atoms with Gasteiger partial charge in [-0.15, -0.1) is 0 Å². The molecule has 2 heterocycles. The number of rotatable bonds is 6. The monoisotopic (exact) mass is 249 g/mol. The quantitative estimate of drug-likeness (QED) is 0.815. The van der Waals surface area contributed by atoms with Crippen LogP contribution in [-0.2, 0) is 6.42 Å². The van der Waals surface area contributed by atoms with Crippen molar-refractivity contribution < 1.29 is 5.11 Å². The number of nitrogens with zero attached hydrogens (tertiary/aromatic N) is 4. The van der Waals surface area contributed by atoms with E-state index >= 15 is 0 Å². The summed E-state index contributed by atoms with van der Waals surface area (Å²) in [4.78, 5) is 0. The molecule has 0 aliphatic carbocycles. The Kier molecular flexibility index (Phi) is 4.09. The summed E-state index contributed by atoms with van der Waals surface area (Å²) >= 11 is 0. The Hall–Kier alpha value is -1.69. The van der Waals surface area contributed by atoms with Crippen LogP contribution in [0.1, 0.15) is 50.2 Å². The molecular weight excluding hydrogens is 230 g/mol. The maximum absolute atomic E-state index is 9.95. The van der Waals surface area contributed by atoms with Crippen LogP contribution in [-0.4, -0.2) is 30.3 Å². The molecule has 0 saturated heterocycles. The number of aliphatic hydroxyl groups excluding tert-OH is 1. The third-order valence-electron chi connectivity index (χ3n) is 3.16. The second kappa shape index (κ2) is 5.77. The Bertz CT molecular complexity index is 461. The molecule has 2 rings (SSSR count). The summed E-state index contributed by atoms with van der Waals surface area (Å²) in [6.45, 7) is 4.31. The van der Waals surface area contributed by atoms with E-state index in [-0.39, 0.29) is 0 Å². The summed E-state index contributed by atoms with van der Waals surface area (Å²) in [5.74, 6) is 0. The predicted molar refractivity (Wildman–Crippen MR) is 66.9 cm³/mol. The Morgan fingerprint density at radius 1 is 1.39 bits per heavy atom.